The van der Waals surface area contributed by atoms with Crippen molar-refractivity contribution < 1.29 is 9.21 Å². The number of amides is 1. The van der Waals surface area contributed by atoms with Gasteiger partial charge in [-0.05, 0) is 49.1 Å². The van der Waals surface area contributed by atoms with Crippen LogP contribution in [0.5, 0.6) is 0 Å². The summed E-state index contributed by atoms with van der Waals surface area (Å²) < 4.78 is 5.74. The molecule has 0 unspecified atom stereocenters. The SMILES string of the molecule is Cc1oc(-c2ccccc2)nc1CC(=O)NCc1ccc2c(c1)CCCN2C. The molecule has 1 N–H and O–H groups in total. The Balaban J connectivity index is 1.38. The van der Waals surface area contributed by atoms with Crippen LogP contribution in [0.1, 0.15) is 29.0 Å². The summed E-state index contributed by atoms with van der Waals surface area (Å²) in [6.45, 7) is 3.48. The molecular weight excluding hydrogens is 350 g/mol. The van der Waals surface area contributed by atoms with E-state index in [4.69, 9.17) is 4.42 Å². The molecule has 0 saturated carbocycles. The van der Waals surface area contributed by atoms with Gasteiger partial charge in [0.05, 0.1) is 12.1 Å². The number of carbonyl (C=O) groups is 1. The molecule has 0 radical (unpaired) electrons. The van der Waals surface area contributed by atoms with Gasteiger partial charge in [0.2, 0.25) is 11.8 Å². The molecule has 0 atom stereocenters. The van der Waals surface area contributed by atoms with E-state index >= 15 is 0 Å². The summed E-state index contributed by atoms with van der Waals surface area (Å²) in [5, 5.41) is 3.01. The molecule has 0 spiro atoms. The van der Waals surface area contributed by atoms with Crippen LogP contribution in [0, 0.1) is 6.92 Å². The number of nitrogens with one attached hydrogen (secondary N) is 1. The van der Waals surface area contributed by atoms with E-state index in [1.54, 1.807) is 0 Å². The number of benzene rings is 2. The second-order valence-corrected chi connectivity index (χ2v) is 7.33. The first-order valence-electron chi connectivity index (χ1n) is 9.71. The van der Waals surface area contributed by atoms with Gasteiger partial charge in [0.15, 0.2) is 0 Å². The van der Waals surface area contributed by atoms with Gasteiger partial charge in [0.25, 0.3) is 0 Å². The second-order valence-electron chi connectivity index (χ2n) is 7.33. The highest BCUT2D eigenvalue weighted by molar-refractivity contribution is 5.78. The van der Waals surface area contributed by atoms with Gasteiger partial charge in [-0.25, -0.2) is 4.98 Å². The predicted molar refractivity (Wildman–Crippen MR) is 110 cm³/mol. The molecule has 0 saturated heterocycles. The lowest BCUT2D eigenvalue weighted by Crippen LogP contribution is -2.26. The lowest BCUT2D eigenvalue weighted by Gasteiger charge is -2.27. The Morgan fingerprint density at radius 2 is 2.04 bits per heavy atom. The smallest absolute Gasteiger partial charge is 0.226 e. The highest BCUT2D eigenvalue weighted by Crippen LogP contribution is 2.27. The molecular formula is C23H25N3O2. The van der Waals surface area contributed by atoms with E-state index in [9.17, 15) is 4.79 Å². The van der Waals surface area contributed by atoms with Crippen LogP contribution >= 0.6 is 0 Å². The van der Waals surface area contributed by atoms with Crippen LogP contribution in [-0.2, 0) is 24.2 Å². The van der Waals surface area contributed by atoms with Gasteiger partial charge >= 0.3 is 0 Å². The number of rotatable bonds is 5. The molecule has 1 aliphatic rings. The maximum absolute atomic E-state index is 12.4. The van der Waals surface area contributed by atoms with E-state index in [0.717, 1.165) is 24.1 Å². The lowest BCUT2D eigenvalue weighted by atomic mass is 9.99. The van der Waals surface area contributed by atoms with Crippen LogP contribution in [-0.4, -0.2) is 24.5 Å². The average Bonchev–Trinajstić information content (AvgIpc) is 3.07. The van der Waals surface area contributed by atoms with E-state index in [1.807, 2.05) is 37.3 Å². The van der Waals surface area contributed by atoms with Crippen LogP contribution in [0.25, 0.3) is 11.5 Å². The molecule has 2 aromatic carbocycles. The summed E-state index contributed by atoms with van der Waals surface area (Å²) in [5.74, 6) is 1.19. The minimum Gasteiger partial charge on any atom is -0.441 e. The number of hydrogen-bond acceptors (Lipinski definition) is 4. The van der Waals surface area contributed by atoms with Crippen LogP contribution in [0.4, 0.5) is 5.69 Å². The first-order chi connectivity index (χ1) is 13.6. The van der Waals surface area contributed by atoms with Gasteiger partial charge in [0.1, 0.15) is 5.76 Å². The molecule has 5 nitrogen and oxygen atoms in total. The number of anilines is 1. The fraction of sp³-hybridized carbons (Fsp3) is 0.304. The third kappa shape index (κ3) is 3.93. The highest BCUT2D eigenvalue weighted by Gasteiger charge is 2.16. The Kier molecular flexibility index (Phi) is 5.15. The zero-order valence-corrected chi connectivity index (χ0v) is 16.4. The van der Waals surface area contributed by atoms with Crippen molar-refractivity contribution in [3.8, 4) is 11.5 Å². The van der Waals surface area contributed by atoms with Gasteiger partial charge in [0, 0.05) is 31.4 Å². The number of oxazole rings is 1. The minimum absolute atomic E-state index is 0.0501. The summed E-state index contributed by atoms with van der Waals surface area (Å²) in [7, 11) is 2.13. The molecule has 1 aliphatic heterocycles. The number of hydrogen-bond donors (Lipinski definition) is 1. The summed E-state index contributed by atoms with van der Waals surface area (Å²) >= 11 is 0. The van der Waals surface area contributed by atoms with E-state index in [0.29, 0.717) is 23.9 Å². The molecule has 4 rings (SSSR count). The van der Waals surface area contributed by atoms with Crippen LogP contribution in [0.2, 0.25) is 0 Å². The molecule has 5 heteroatoms. The van der Waals surface area contributed by atoms with E-state index in [1.165, 1.54) is 17.7 Å². The molecule has 0 aliphatic carbocycles. The fourth-order valence-electron chi connectivity index (χ4n) is 3.66. The standard InChI is InChI=1S/C23H25N3O2/c1-16-20(25-23(28-16)18-7-4-3-5-8-18)14-22(27)24-15-17-10-11-21-19(13-17)9-6-12-26(21)2/h3-5,7-8,10-11,13H,6,9,12,14-15H2,1-2H3,(H,24,27). The van der Waals surface area contributed by atoms with Gasteiger partial charge in [-0.1, -0.05) is 30.3 Å². The second kappa shape index (κ2) is 7.89. The minimum atomic E-state index is -0.0501. The van der Waals surface area contributed by atoms with E-state index in [-0.39, 0.29) is 12.3 Å². The van der Waals surface area contributed by atoms with Crippen molar-refractivity contribution >= 4 is 11.6 Å². The van der Waals surface area contributed by atoms with Crippen LogP contribution in [0.15, 0.2) is 52.9 Å². The van der Waals surface area contributed by atoms with Crippen LogP contribution < -0.4 is 10.2 Å². The number of aryl methyl sites for hydroxylation is 2. The first kappa shape index (κ1) is 18.3. The van der Waals surface area contributed by atoms with Crippen molar-refractivity contribution in [2.24, 2.45) is 0 Å². The van der Waals surface area contributed by atoms with Gasteiger partial charge in [-0.15, -0.1) is 0 Å². The average molecular weight is 375 g/mol. The number of aromatic nitrogens is 1. The molecule has 1 aromatic heterocycles. The van der Waals surface area contributed by atoms with Crippen molar-refractivity contribution in [2.75, 3.05) is 18.5 Å². The Hall–Kier alpha value is -3.08. The van der Waals surface area contributed by atoms with Gasteiger partial charge < -0.3 is 14.6 Å². The quantitative estimate of drug-likeness (QED) is 0.735. The maximum Gasteiger partial charge on any atom is 0.226 e. The topological polar surface area (TPSA) is 58.4 Å². The fourth-order valence-corrected chi connectivity index (χ4v) is 3.66. The number of fused-ring (bicyclic) bond motifs is 1. The van der Waals surface area contributed by atoms with Gasteiger partial charge in [-0.3, -0.25) is 4.79 Å². The number of nitrogens with zero attached hydrogens (tertiary/aromatic N) is 2. The summed E-state index contributed by atoms with van der Waals surface area (Å²) in [4.78, 5) is 19.2. The Morgan fingerprint density at radius 3 is 2.86 bits per heavy atom. The monoisotopic (exact) mass is 375 g/mol. The Labute approximate surface area is 165 Å². The molecule has 1 amide bonds. The lowest BCUT2D eigenvalue weighted by molar-refractivity contribution is -0.120. The third-order valence-electron chi connectivity index (χ3n) is 5.23. The van der Waals surface area contributed by atoms with Crippen molar-refractivity contribution in [3.05, 3.63) is 71.1 Å². The molecule has 0 bridgehead atoms. The third-order valence-corrected chi connectivity index (χ3v) is 5.23. The van der Waals surface area contributed by atoms with Crippen molar-refractivity contribution in [1.82, 2.24) is 10.3 Å². The van der Waals surface area contributed by atoms with Gasteiger partial charge in [-0.2, -0.15) is 0 Å². The molecule has 2 heterocycles. The largest absolute Gasteiger partial charge is 0.441 e. The maximum atomic E-state index is 12.4. The van der Waals surface area contributed by atoms with Crippen molar-refractivity contribution in [2.45, 2.75) is 32.7 Å². The predicted octanol–water partition coefficient (Wildman–Crippen LogP) is 3.89. The normalized spacial score (nSPS) is 13.3. The molecule has 3 aromatic rings. The van der Waals surface area contributed by atoms with Crippen LogP contribution in [0.3, 0.4) is 0 Å². The summed E-state index contributed by atoms with van der Waals surface area (Å²) in [6, 6.07) is 16.2. The van der Waals surface area contributed by atoms with E-state index < -0.39 is 0 Å². The number of carbonyl (C=O) groups excluding carboxylic acids is 1. The molecule has 144 valence electrons. The Morgan fingerprint density at radius 1 is 1.21 bits per heavy atom. The highest BCUT2D eigenvalue weighted by atomic mass is 16.4. The summed E-state index contributed by atoms with van der Waals surface area (Å²) in [5.41, 5.74) is 5.39. The Bertz CT molecular complexity index is 979. The summed E-state index contributed by atoms with van der Waals surface area (Å²) in [6.07, 6.45) is 2.49. The molecule has 28 heavy (non-hydrogen) atoms. The zero-order chi connectivity index (χ0) is 19.5. The van der Waals surface area contributed by atoms with Crippen molar-refractivity contribution in [1.29, 1.82) is 0 Å². The van der Waals surface area contributed by atoms with Crippen molar-refractivity contribution in [3.63, 3.8) is 0 Å². The molecule has 0 fully saturated rings. The first-order valence-corrected chi connectivity index (χ1v) is 9.71. The zero-order valence-electron chi connectivity index (χ0n) is 16.4. The van der Waals surface area contributed by atoms with E-state index in [2.05, 4.69) is 40.4 Å².